The summed E-state index contributed by atoms with van der Waals surface area (Å²) in [4.78, 5) is 24.5. The van der Waals surface area contributed by atoms with Crippen molar-refractivity contribution in [1.29, 1.82) is 0 Å². The fourth-order valence-corrected chi connectivity index (χ4v) is 2.45. The number of carbonyl (C=O) groups is 2. The smallest absolute Gasteiger partial charge is 0.308 e. The van der Waals surface area contributed by atoms with Crippen molar-refractivity contribution < 1.29 is 19.1 Å². The molecule has 0 aromatic heterocycles. The summed E-state index contributed by atoms with van der Waals surface area (Å²) >= 11 is 5.63. The number of hydrogen-bond donors (Lipinski definition) is 1. The molecule has 2 atom stereocenters. The fourth-order valence-electron chi connectivity index (χ4n) is 2.29. The SMILES string of the molecule is C[C@@H]1CN(C(=O)c2ccc(Cl)cc2F)C[C@H]1C(=O)O. The molecular formula is C13H13ClFNO3. The number of rotatable bonds is 2. The van der Waals surface area contributed by atoms with Crippen LogP contribution < -0.4 is 0 Å². The highest BCUT2D eigenvalue weighted by Crippen LogP contribution is 2.25. The van der Waals surface area contributed by atoms with Gasteiger partial charge < -0.3 is 10.0 Å². The second kappa shape index (κ2) is 5.17. The lowest BCUT2D eigenvalue weighted by atomic mass is 9.99. The van der Waals surface area contributed by atoms with Crippen molar-refractivity contribution >= 4 is 23.5 Å². The molecule has 0 radical (unpaired) electrons. The Bertz CT molecular complexity index is 535. The van der Waals surface area contributed by atoms with Crippen LogP contribution in [0.15, 0.2) is 18.2 Å². The van der Waals surface area contributed by atoms with Crippen LogP contribution >= 0.6 is 11.6 Å². The van der Waals surface area contributed by atoms with E-state index in [1.807, 2.05) is 0 Å². The first-order valence-corrected chi connectivity index (χ1v) is 6.25. The van der Waals surface area contributed by atoms with E-state index < -0.39 is 23.6 Å². The van der Waals surface area contributed by atoms with Crippen molar-refractivity contribution in [2.75, 3.05) is 13.1 Å². The summed E-state index contributed by atoms with van der Waals surface area (Å²) in [6.45, 7) is 2.19. The second-order valence-electron chi connectivity index (χ2n) is 4.76. The third kappa shape index (κ3) is 2.71. The lowest BCUT2D eigenvalue weighted by Gasteiger charge is -2.16. The Balaban J connectivity index is 2.19. The van der Waals surface area contributed by atoms with Crippen molar-refractivity contribution in [1.82, 2.24) is 4.90 Å². The maximum Gasteiger partial charge on any atom is 0.308 e. The maximum absolute atomic E-state index is 13.7. The molecule has 1 aromatic carbocycles. The number of carbonyl (C=O) groups excluding carboxylic acids is 1. The lowest BCUT2D eigenvalue weighted by Crippen LogP contribution is -2.30. The minimum atomic E-state index is -0.931. The largest absolute Gasteiger partial charge is 0.481 e. The van der Waals surface area contributed by atoms with Gasteiger partial charge in [-0.2, -0.15) is 0 Å². The number of carboxylic acids is 1. The van der Waals surface area contributed by atoms with Crippen molar-refractivity contribution in [3.8, 4) is 0 Å². The molecule has 1 heterocycles. The van der Waals surface area contributed by atoms with Gasteiger partial charge in [0.25, 0.3) is 5.91 Å². The summed E-state index contributed by atoms with van der Waals surface area (Å²) in [6.07, 6.45) is 0. The third-order valence-corrected chi connectivity index (χ3v) is 3.61. The summed E-state index contributed by atoms with van der Waals surface area (Å²) in [5.74, 6) is -2.86. The first kappa shape index (κ1) is 13.8. The van der Waals surface area contributed by atoms with Gasteiger partial charge in [-0.1, -0.05) is 18.5 Å². The molecule has 4 nitrogen and oxygen atoms in total. The van der Waals surface area contributed by atoms with Crippen LogP contribution in [-0.2, 0) is 4.79 Å². The highest BCUT2D eigenvalue weighted by molar-refractivity contribution is 6.30. The summed E-state index contributed by atoms with van der Waals surface area (Å²) in [6, 6.07) is 3.83. The monoisotopic (exact) mass is 285 g/mol. The van der Waals surface area contributed by atoms with Gasteiger partial charge in [0.15, 0.2) is 0 Å². The third-order valence-electron chi connectivity index (χ3n) is 3.38. The molecule has 0 saturated carbocycles. The molecule has 1 aromatic rings. The molecular weight excluding hydrogens is 273 g/mol. The standard InChI is InChI=1S/C13H13ClFNO3/c1-7-5-16(6-10(7)13(18)19)12(17)9-3-2-8(14)4-11(9)15/h2-4,7,10H,5-6H2,1H3,(H,18,19)/t7-,10-/m1/s1. The minimum Gasteiger partial charge on any atom is -0.481 e. The number of hydrogen-bond acceptors (Lipinski definition) is 2. The van der Waals surface area contributed by atoms with Crippen LogP contribution in [0.1, 0.15) is 17.3 Å². The van der Waals surface area contributed by atoms with Crippen LogP contribution in [-0.4, -0.2) is 35.0 Å². The van der Waals surface area contributed by atoms with Crippen LogP contribution in [0.5, 0.6) is 0 Å². The Kier molecular flexibility index (Phi) is 3.75. The number of carboxylic acid groups (broad SMARTS) is 1. The van der Waals surface area contributed by atoms with Gasteiger partial charge in [0.05, 0.1) is 11.5 Å². The predicted molar refractivity (Wildman–Crippen MR) is 67.6 cm³/mol. The van der Waals surface area contributed by atoms with Crippen LogP contribution in [0, 0.1) is 17.7 Å². The van der Waals surface area contributed by atoms with Crippen molar-refractivity contribution in [3.05, 3.63) is 34.6 Å². The zero-order valence-corrected chi connectivity index (χ0v) is 11.0. The van der Waals surface area contributed by atoms with E-state index in [0.717, 1.165) is 6.07 Å². The number of nitrogens with zero attached hydrogens (tertiary/aromatic N) is 1. The zero-order chi connectivity index (χ0) is 14.2. The lowest BCUT2D eigenvalue weighted by molar-refractivity contribution is -0.142. The number of amides is 1. The van der Waals surface area contributed by atoms with Gasteiger partial charge in [-0.3, -0.25) is 9.59 Å². The molecule has 2 rings (SSSR count). The number of likely N-dealkylation sites (tertiary alicyclic amines) is 1. The first-order valence-electron chi connectivity index (χ1n) is 5.87. The molecule has 1 amide bonds. The molecule has 6 heteroatoms. The van der Waals surface area contributed by atoms with E-state index in [1.165, 1.54) is 17.0 Å². The highest BCUT2D eigenvalue weighted by Gasteiger charge is 2.37. The first-order chi connectivity index (χ1) is 8.90. The molecule has 19 heavy (non-hydrogen) atoms. The van der Waals surface area contributed by atoms with Gasteiger partial charge in [-0.25, -0.2) is 4.39 Å². The molecule has 1 aliphatic heterocycles. The fraction of sp³-hybridized carbons (Fsp3) is 0.385. The molecule has 0 unspecified atom stereocenters. The van der Waals surface area contributed by atoms with Crippen molar-refractivity contribution in [2.24, 2.45) is 11.8 Å². The van der Waals surface area contributed by atoms with Gasteiger partial charge in [0.2, 0.25) is 0 Å². The van der Waals surface area contributed by atoms with Crippen LogP contribution in [0.2, 0.25) is 5.02 Å². The molecule has 1 aliphatic rings. The summed E-state index contributed by atoms with van der Waals surface area (Å²) in [7, 11) is 0. The molecule has 1 saturated heterocycles. The molecule has 1 fully saturated rings. The van der Waals surface area contributed by atoms with E-state index in [9.17, 15) is 14.0 Å². The number of halogens is 2. The number of aliphatic carboxylic acids is 1. The normalized spacial score (nSPS) is 22.6. The Labute approximate surface area is 114 Å². The maximum atomic E-state index is 13.7. The highest BCUT2D eigenvalue weighted by atomic mass is 35.5. The van der Waals surface area contributed by atoms with Crippen LogP contribution in [0.25, 0.3) is 0 Å². The Morgan fingerprint density at radius 2 is 2.11 bits per heavy atom. The predicted octanol–water partition coefficient (Wildman–Crippen LogP) is 2.27. The molecule has 0 aliphatic carbocycles. The van der Waals surface area contributed by atoms with E-state index in [-0.39, 0.29) is 23.0 Å². The van der Waals surface area contributed by atoms with E-state index >= 15 is 0 Å². The quantitative estimate of drug-likeness (QED) is 0.907. The van der Waals surface area contributed by atoms with E-state index in [2.05, 4.69) is 0 Å². The molecule has 0 bridgehead atoms. The van der Waals surface area contributed by atoms with Gasteiger partial charge in [0, 0.05) is 18.1 Å². The van der Waals surface area contributed by atoms with Gasteiger partial charge in [0.1, 0.15) is 5.82 Å². The topological polar surface area (TPSA) is 57.6 Å². The summed E-state index contributed by atoms with van der Waals surface area (Å²) < 4.78 is 13.7. The minimum absolute atomic E-state index is 0.0809. The molecule has 102 valence electrons. The average molecular weight is 286 g/mol. The van der Waals surface area contributed by atoms with Crippen molar-refractivity contribution in [2.45, 2.75) is 6.92 Å². The zero-order valence-electron chi connectivity index (χ0n) is 10.3. The Hall–Kier alpha value is -1.62. The van der Waals surface area contributed by atoms with E-state index in [4.69, 9.17) is 16.7 Å². The summed E-state index contributed by atoms with van der Waals surface area (Å²) in [5.41, 5.74) is -0.0809. The van der Waals surface area contributed by atoms with Gasteiger partial charge >= 0.3 is 5.97 Å². The van der Waals surface area contributed by atoms with E-state index in [0.29, 0.717) is 6.54 Å². The van der Waals surface area contributed by atoms with Crippen molar-refractivity contribution in [3.63, 3.8) is 0 Å². The number of benzene rings is 1. The second-order valence-corrected chi connectivity index (χ2v) is 5.19. The Morgan fingerprint density at radius 3 is 2.63 bits per heavy atom. The summed E-state index contributed by atoms with van der Waals surface area (Å²) in [5, 5.41) is 9.23. The van der Waals surface area contributed by atoms with Gasteiger partial charge in [-0.15, -0.1) is 0 Å². The Morgan fingerprint density at radius 1 is 1.42 bits per heavy atom. The molecule has 0 spiro atoms. The van der Waals surface area contributed by atoms with Crippen LogP contribution in [0.3, 0.4) is 0 Å². The molecule has 1 N–H and O–H groups in total. The van der Waals surface area contributed by atoms with Gasteiger partial charge in [-0.05, 0) is 24.1 Å². The van der Waals surface area contributed by atoms with Crippen LogP contribution in [0.4, 0.5) is 4.39 Å². The average Bonchev–Trinajstić information content (AvgIpc) is 2.70. The van der Waals surface area contributed by atoms with E-state index in [1.54, 1.807) is 6.92 Å².